The van der Waals surface area contributed by atoms with E-state index >= 15 is 0 Å². The number of carbonyl (C=O) groups excluding carboxylic acids is 1. The molecule has 0 radical (unpaired) electrons. The molecular formula is C41H81NO3. The minimum Gasteiger partial charge on any atom is -0.394 e. The Balaban J connectivity index is 3.52. The van der Waals surface area contributed by atoms with Crippen LogP contribution in [0.4, 0.5) is 0 Å². The van der Waals surface area contributed by atoms with E-state index in [-0.39, 0.29) is 12.5 Å². The molecule has 3 N–H and O–H groups in total. The van der Waals surface area contributed by atoms with Gasteiger partial charge >= 0.3 is 0 Å². The van der Waals surface area contributed by atoms with E-state index in [1.807, 2.05) is 6.08 Å². The monoisotopic (exact) mass is 636 g/mol. The van der Waals surface area contributed by atoms with E-state index < -0.39 is 12.1 Å². The van der Waals surface area contributed by atoms with Crippen LogP contribution < -0.4 is 5.32 Å². The standard InChI is InChI=1S/C41H81NO3/c1-3-5-7-9-11-13-15-17-18-19-20-21-22-23-25-27-29-31-33-35-37-41(45)42-39(38-43)40(44)36-34-32-30-28-26-24-16-14-12-10-8-6-4-2/h32,34,39-40,43-44H,3-31,33,35-38H2,1-2H3,(H,42,45)/t39-,40+/m0/s1. The molecule has 0 aliphatic carbocycles. The molecule has 0 bridgehead atoms. The van der Waals surface area contributed by atoms with Gasteiger partial charge in [-0.2, -0.15) is 0 Å². The first-order chi connectivity index (χ1) is 22.2. The van der Waals surface area contributed by atoms with Gasteiger partial charge in [0.05, 0.1) is 18.8 Å². The van der Waals surface area contributed by atoms with E-state index in [1.165, 1.54) is 180 Å². The molecule has 45 heavy (non-hydrogen) atoms. The van der Waals surface area contributed by atoms with Gasteiger partial charge in [0.2, 0.25) is 5.91 Å². The summed E-state index contributed by atoms with van der Waals surface area (Å²) in [5, 5.41) is 23.0. The molecular weight excluding hydrogens is 554 g/mol. The first-order valence-corrected chi connectivity index (χ1v) is 20.4. The van der Waals surface area contributed by atoms with Crippen LogP contribution >= 0.6 is 0 Å². The van der Waals surface area contributed by atoms with Crippen molar-refractivity contribution in [3.8, 4) is 0 Å². The molecule has 0 spiro atoms. The second kappa shape index (κ2) is 37.6. The van der Waals surface area contributed by atoms with Crippen molar-refractivity contribution in [3.63, 3.8) is 0 Å². The lowest BCUT2D eigenvalue weighted by atomic mass is 10.0. The summed E-state index contributed by atoms with van der Waals surface area (Å²) in [4.78, 5) is 12.3. The maximum absolute atomic E-state index is 12.3. The molecule has 0 aromatic carbocycles. The van der Waals surface area contributed by atoms with E-state index in [9.17, 15) is 15.0 Å². The highest BCUT2D eigenvalue weighted by molar-refractivity contribution is 5.76. The van der Waals surface area contributed by atoms with E-state index in [2.05, 4.69) is 25.2 Å². The van der Waals surface area contributed by atoms with Crippen molar-refractivity contribution in [3.05, 3.63) is 12.2 Å². The number of carbonyl (C=O) groups is 1. The summed E-state index contributed by atoms with van der Waals surface area (Å²) in [6.45, 7) is 4.33. The first kappa shape index (κ1) is 44.1. The van der Waals surface area contributed by atoms with Crippen molar-refractivity contribution in [2.45, 2.75) is 238 Å². The Hall–Kier alpha value is -0.870. The summed E-state index contributed by atoms with van der Waals surface area (Å²) in [6, 6.07) is -0.579. The summed E-state index contributed by atoms with van der Waals surface area (Å²) in [5.74, 6) is -0.0511. The van der Waals surface area contributed by atoms with E-state index in [0.29, 0.717) is 12.8 Å². The number of aliphatic hydroxyl groups excluding tert-OH is 2. The molecule has 0 saturated carbocycles. The second-order valence-corrected chi connectivity index (χ2v) is 14.1. The summed E-state index contributed by atoms with van der Waals surface area (Å²) >= 11 is 0. The van der Waals surface area contributed by atoms with Gasteiger partial charge in [-0.1, -0.05) is 206 Å². The summed E-state index contributed by atoms with van der Waals surface area (Å²) in [6.07, 6.45) is 45.8. The van der Waals surface area contributed by atoms with Gasteiger partial charge in [0.1, 0.15) is 0 Å². The molecule has 268 valence electrons. The molecule has 0 aliphatic heterocycles. The maximum Gasteiger partial charge on any atom is 0.220 e. The first-order valence-electron chi connectivity index (χ1n) is 20.4. The van der Waals surface area contributed by atoms with Crippen LogP contribution in [0.3, 0.4) is 0 Å². The fourth-order valence-electron chi connectivity index (χ4n) is 6.35. The van der Waals surface area contributed by atoms with Gasteiger partial charge in [-0.05, 0) is 25.7 Å². The van der Waals surface area contributed by atoms with Crippen LogP contribution in [0.25, 0.3) is 0 Å². The van der Waals surface area contributed by atoms with Crippen LogP contribution in [0.2, 0.25) is 0 Å². The quantitative estimate of drug-likeness (QED) is 0.0470. The fourth-order valence-corrected chi connectivity index (χ4v) is 6.35. The van der Waals surface area contributed by atoms with Gasteiger partial charge < -0.3 is 15.5 Å². The van der Waals surface area contributed by atoms with Crippen LogP contribution in [-0.4, -0.2) is 34.9 Å². The predicted molar refractivity (Wildman–Crippen MR) is 198 cm³/mol. The predicted octanol–water partition coefficient (Wildman–Crippen LogP) is 12.3. The van der Waals surface area contributed by atoms with Crippen molar-refractivity contribution in [2.24, 2.45) is 0 Å². The Morgan fingerprint density at radius 3 is 1.20 bits per heavy atom. The zero-order valence-electron chi connectivity index (χ0n) is 30.7. The highest BCUT2D eigenvalue weighted by Crippen LogP contribution is 2.16. The van der Waals surface area contributed by atoms with Crippen LogP contribution in [0.15, 0.2) is 12.2 Å². The highest BCUT2D eigenvalue weighted by atomic mass is 16.3. The summed E-state index contributed by atoms with van der Waals surface area (Å²) < 4.78 is 0. The number of amides is 1. The summed E-state index contributed by atoms with van der Waals surface area (Å²) in [5.41, 5.74) is 0. The molecule has 2 atom stereocenters. The Bertz CT molecular complexity index is 608. The van der Waals surface area contributed by atoms with Crippen LogP contribution in [-0.2, 0) is 4.79 Å². The second-order valence-electron chi connectivity index (χ2n) is 14.1. The average molecular weight is 636 g/mol. The van der Waals surface area contributed by atoms with Gasteiger partial charge in [0.15, 0.2) is 0 Å². The van der Waals surface area contributed by atoms with Gasteiger partial charge in [0, 0.05) is 6.42 Å². The zero-order chi connectivity index (χ0) is 32.9. The van der Waals surface area contributed by atoms with Crippen molar-refractivity contribution in [2.75, 3.05) is 6.61 Å². The largest absolute Gasteiger partial charge is 0.394 e. The Labute approximate surface area is 282 Å². The number of hydrogen-bond acceptors (Lipinski definition) is 3. The molecule has 1 amide bonds. The minimum absolute atomic E-state index is 0.0511. The smallest absolute Gasteiger partial charge is 0.220 e. The molecule has 0 rings (SSSR count). The molecule has 0 aliphatic rings. The lowest BCUT2D eigenvalue weighted by Gasteiger charge is -2.21. The molecule has 4 nitrogen and oxygen atoms in total. The lowest BCUT2D eigenvalue weighted by Crippen LogP contribution is -2.45. The minimum atomic E-state index is -0.738. The molecule has 0 aromatic heterocycles. The van der Waals surface area contributed by atoms with Gasteiger partial charge in [-0.15, -0.1) is 0 Å². The number of aliphatic hydroxyl groups is 2. The number of rotatable bonds is 37. The third-order valence-corrected chi connectivity index (χ3v) is 9.53. The summed E-state index contributed by atoms with van der Waals surface area (Å²) in [7, 11) is 0. The van der Waals surface area contributed by atoms with E-state index in [1.54, 1.807) is 0 Å². The number of allylic oxidation sites excluding steroid dienone is 1. The molecule has 0 fully saturated rings. The van der Waals surface area contributed by atoms with Gasteiger partial charge in [-0.3, -0.25) is 4.79 Å². The number of hydrogen-bond donors (Lipinski definition) is 3. The average Bonchev–Trinajstić information content (AvgIpc) is 3.04. The highest BCUT2D eigenvalue weighted by Gasteiger charge is 2.19. The fraction of sp³-hybridized carbons (Fsp3) is 0.927. The van der Waals surface area contributed by atoms with E-state index in [0.717, 1.165) is 19.3 Å². The Morgan fingerprint density at radius 1 is 0.511 bits per heavy atom. The van der Waals surface area contributed by atoms with Crippen molar-refractivity contribution in [1.29, 1.82) is 0 Å². The zero-order valence-corrected chi connectivity index (χ0v) is 30.7. The molecule has 0 unspecified atom stereocenters. The van der Waals surface area contributed by atoms with Crippen LogP contribution in [0.5, 0.6) is 0 Å². The topological polar surface area (TPSA) is 69.6 Å². The number of nitrogens with one attached hydrogen (secondary N) is 1. The van der Waals surface area contributed by atoms with Gasteiger partial charge in [-0.25, -0.2) is 0 Å². The SMILES string of the molecule is CCCCCCCCCCCCC=CC[C@@H](O)[C@H](CO)NC(=O)CCCCCCCCCCCCCCCCCCCCCC. The molecule has 0 aromatic rings. The van der Waals surface area contributed by atoms with Crippen molar-refractivity contribution >= 4 is 5.91 Å². The van der Waals surface area contributed by atoms with Crippen LogP contribution in [0.1, 0.15) is 226 Å². The van der Waals surface area contributed by atoms with E-state index in [4.69, 9.17) is 0 Å². The molecule has 0 heterocycles. The Kier molecular flexibility index (Phi) is 36.9. The normalized spacial score (nSPS) is 13.1. The molecule has 0 saturated heterocycles. The Morgan fingerprint density at radius 2 is 0.844 bits per heavy atom. The van der Waals surface area contributed by atoms with Crippen LogP contribution in [0, 0.1) is 0 Å². The third kappa shape index (κ3) is 34.3. The van der Waals surface area contributed by atoms with Crippen molar-refractivity contribution in [1.82, 2.24) is 5.32 Å². The van der Waals surface area contributed by atoms with Gasteiger partial charge in [0.25, 0.3) is 0 Å². The molecule has 4 heteroatoms. The third-order valence-electron chi connectivity index (χ3n) is 9.53. The van der Waals surface area contributed by atoms with Crippen molar-refractivity contribution < 1.29 is 15.0 Å². The number of unbranched alkanes of at least 4 members (excludes halogenated alkanes) is 29. The lowest BCUT2D eigenvalue weighted by molar-refractivity contribution is -0.123. The maximum atomic E-state index is 12.3.